The van der Waals surface area contributed by atoms with Crippen LogP contribution in [0.3, 0.4) is 0 Å². The van der Waals surface area contributed by atoms with Gasteiger partial charge >= 0.3 is 0 Å². The molecule has 3 rings (SSSR count). The molecule has 0 unspecified atom stereocenters. The van der Waals surface area contributed by atoms with Gasteiger partial charge in [0.05, 0.1) is 11.8 Å². The van der Waals surface area contributed by atoms with Crippen LogP contribution in [0.5, 0.6) is 5.75 Å². The molecule has 1 heterocycles. The van der Waals surface area contributed by atoms with Crippen molar-refractivity contribution < 1.29 is 9.53 Å². The standard InChI is InChI=1S/C18H21N5O2/c1-13(24)20-17-7-4-6-15(17)10-23-11-16(21-22-23)12-25-18-8-3-2-5-14(18)9-19/h2-3,5,8,11,15,17H,4,6-7,10,12H2,1H3,(H,20,24)/t15-,17-/m1/s1. The molecule has 0 radical (unpaired) electrons. The Bertz CT molecular complexity index is 780. The number of carbonyl (C=O) groups is 1. The van der Waals surface area contributed by atoms with Crippen molar-refractivity contribution in [2.24, 2.45) is 5.92 Å². The van der Waals surface area contributed by atoms with E-state index in [1.54, 1.807) is 29.8 Å². The molecule has 7 nitrogen and oxygen atoms in total. The van der Waals surface area contributed by atoms with Crippen LogP contribution in [-0.2, 0) is 17.9 Å². The summed E-state index contributed by atoms with van der Waals surface area (Å²) in [4.78, 5) is 11.3. The van der Waals surface area contributed by atoms with Crippen molar-refractivity contribution in [1.82, 2.24) is 20.3 Å². The number of nitriles is 1. The van der Waals surface area contributed by atoms with Gasteiger partial charge in [0.1, 0.15) is 24.1 Å². The van der Waals surface area contributed by atoms with Crippen LogP contribution < -0.4 is 10.1 Å². The lowest BCUT2D eigenvalue weighted by Gasteiger charge is -2.19. The van der Waals surface area contributed by atoms with Crippen LogP contribution in [0.4, 0.5) is 0 Å². The van der Waals surface area contributed by atoms with E-state index in [2.05, 4.69) is 21.7 Å². The maximum absolute atomic E-state index is 11.3. The van der Waals surface area contributed by atoms with Crippen molar-refractivity contribution in [3.05, 3.63) is 41.7 Å². The van der Waals surface area contributed by atoms with Gasteiger partial charge in [-0.3, -0.25) is 9.48 Å². The number of nitrogens with zero attached hydrogens (tertiary/aromatic N) is 4. The molecule has 0 saturated heterocycles. The molecule has 1 aliphatic carbocycles. The minimum absolute atomic E-state index is 0.0146. The van der Waals surface area contributed by atoms with Gasteiger partial charge in [-0.15, -0.1) is 5.10 Å². The maximum Gasteiger partial charge on any atom is 0.217 e. The molecule has 25 heavy (non-hydrogen) atoms. The molecule has 1 amide bonds. The number of hydrogen-bond acceptors (Lipinski definition) is 5. The van der Waals surface area contributed by atoms with Crippen LogP contribution in [0.1, 0.15) is 37.4 Å². The summed E-state index contributed by atoms with van der Waals surface area (Å²) in [6.07, 6.45) is 5.06. The quantitative estimate of drug-likeness (QED) is 0.869. The largest absolute Gasteiger partial charge is 0.486 e. The molecule has 1 aliphatic rings. The average molecular weight is 339 g/mol. The maximum atomic E-state index is 11.3. The Morgan fingerprint density at radius 3 is 3.08 bits per heavy atom. The van der Waals surface area contributed by atoms with E-state index in [9.17, 15) is 4.79 Å². The van der Waals surface area contributed by atoms with Gasteiger partial charge in [0, 0.05) is 19.5 Å². The van der Waals surface area contributed by atoms with Crippen LogP contribution in [0.25, 0.3) is 0 Å². The van der Waals surface area contributed by atoms with E-state index in [0.29, 0.717) is 22.9 Å². The van der Waals surface area contributed by atoms with Crippen LogP contribution in [0, 0.1) is 17.2 Å². The Hall–Kier alpha value is -2.88. The number of nitrogens with one attached hydrogen (secondary N) is 1. The smallest absolute Gasteiger partial charge is 0.217 e. The monoisotopic (exact) mass is 339 g/mol. The second-order valence-electron chi connectivity index (χ2n) is 6.33. The van der Waals surface area contributed by atoms with Crippen molar-refractivity contribution in [2.45, 2.75) is 45.4 Å². The van der Waals surface area contributed by atoms with Crippen LogP contribution >= 0.6 is 0 Å². The fourth-order valence-corrected chi connectivity index (χ4v) is 3.28. The number of carbonyl (C=O) groups excluding carboxylic acids is 1. The summed E-state index contributed by atoms with van der Waals surface area (Å²) in [6.45, 7) is 2.55. The molecule has 1 aromatic carbocycles. The van der Waals surface area contributed by atoms with Crippen LogP contribution in [0.2, 0.25) is 0 Å². The first-order chi connectivity index (χ1) is 12.2. The molecule has 0 bridgehead atoms. The Kier molecular flexibility index (Phi) is 5.29. The van der Waals surface area contributed by atoms with Gasteiger partial charge in [0.25, 0.3) is 0 Å². The van der Waals surface area contributed by atoms with Crippen molar-refractivity contribution in [1.29, 1.82) is 5.26 Å². The zero-order valence-corrected chi connectivity index (χ0v) is 14.2. The number of hydrogen-bond donors (Lipinski definition) is 1. The van der Waals surface area contributed by atoms with E-state index in [0.717, 1.165) is 25.8 Å². The first-order valence-electron chi connectivity index (χ1n) is 8.43. The fraction of sp³-hybridized carbons (Fsp3) is 0.444. The Labute approximate surface area is 146 Å². The third-order valence-corrected chi connectivity index (χ3v) is 4.44. The van der Waals surface area contributed by atoms with Crippen molar-refractivity contribution in [2.75, 3.05) is 0 Å². The van der Waals surface area contributed by atoms with E-state index >= 15 is 0 Å². The van der Waals surface area contributed by atoms with E-state index < -0.39 is 0 Å². The van der Waals surface area contributed by atoms with E-state index in [1.807, 2.05) is 12.3 Å². The normalized spacial score (nSPS) is 19.4. The molecule has 2 aromatic rings. The summed E-state index contributed by atoms with van der Waals surface area (Å²) >= 11 is 0. The van der Waals surface area contributed by atoms with Gasteiger partial charge < -0.3 is 10.1 Å². The SMILES string of the molecule is CC(=O)N[C@@H]1CCC[C@@H]1Cn1cc(COc2ccccc2C#N)nn1. The third-order valence-electron chi connectivity index (χ3n) is 4.44. The lowest BCUT2D eigenvalue weighted by molar-refractivity contribution is -0.119. The number of para-hydroxylation sites is 1. The van der Waals surface area contributed by atoms with Gasteiger partial charge in [-0.05, 0) is 30.9 Å². The second kappa shape index (κ2) is 7.79. The summed E-state index contributed by atoms with van der Waals surface area (Å²) < 4.78 is 7.48. The predicted molar refractivity (Wildman–Crippen MR) is 90.5 cm³/mol. The predicted octanol–water partition coefficient (Wildman–Crippen LogP) is 2.03. The highest BCUT2D eigenvalue weighted by atomic mass is 16.5. The van der Waals surface area contributed by atoms with E-state index in [4.69, 9.17) is 10.00 Å². The van der Waals surface area contributed by atoms with E-state index in [1.165, 1.54) is 0 Å². The molecule has 0 spiro atoms. The third kappa shape index (κ3) is 4.35. The summed E-state index contributed by atoms with van der Waals surface area (Å²) in [5.41, 5.74) is 1.21. The lowest BCUT2D eigenvalue weighted by Crippen LogP contribution is -2.37. The van der Waals surface area contributed by atoms with Crippen LogP contribution in [0.15, 0.2) is 30.5 Å². The molecule has 1 N–H and O–H groups in total. The van der Waals surface area contributed by atoms with Crippen molar-refractivity contribution >= 4 is 5.91 Å². The first kappa shape index (κ1) is 17.0. The summed E-state index contributed by atoms with van der Waals surface area (Å²) in [6, 6.07) is 9.43. The zero-order chi connectivity index (χ0) is 17.6. The van der Waals surface area contributed by atoms with Gasteiger partial charge in [0.2, 0.25) is 5.91 Å². The first-order valence-corrected chi connectivity index (χ1v) is 8.43. The van der Waals surface area contributed by atoms with Crippen molar-refractivity contribution in [3.63, 3.8) is 0 Å². The Balaban J connectivity index is 1.57. The molecule has 2 atom stereocenters. The highest BCUT2D eigenvalue weighted by molar-refractivity contribution is 5.73. The van der Waals surface area contributed by atoms with Gasteiger partial charge in [-0.2, -0.15) is 5.26 Å². The molecule has 1 aromatic heterocycles. The fourth-order valence-electron chi connectivity index (χ4n) is 3.28. The molecule has 1 fully saturated rings. The van der Waals surface area contributed by atoms with Gasteiger partial charge in [-0.25, -0.2) is 0 Å². The average Bonchev–Trinajstić information content (AvgIpc) is 3.23. The lowest BCUT2D eigenvalue weighted by atomic mass is 10.0. The number of ether oxygens (including phenoxy) is 1. The highest BCUT2D eigenvalue weighted by Gasteiger charge is 2.28. The summed E-state index contributed by atoms with van der Waals surface area (Å²) in [7, 11) is 0. The number of rotatable bonds is 6. The Morgan fingerprint density at radius 2 is 2.28 bits per heavy atom. The van der Waals surface area contributed by atoms with Crippen LogP contribution in [-0.4, -0.2) is 26.9 Å². The van der Waals surface area contributed by atoms with E-state index in [-0.39, 0.29) is 18.6 Å². The molecule has 130 valence electrons. The molecule has 1 saturated carbocycles. The summed E-state index contributed by atoms with van der Waals surface area (Å²) in [5.74, 6) is 0.931. The van der Waals surface area contributed by atoms with Gasteiger partial charge in [0.15, 0.2) is 0 Å². The topological polar surface area (TPSA) is 92.8 Å². The minimum Gasteiger partial charge on any atom is -0.486 e. The number of aromatic nitrogens is 3. The van der Waals surface area contributed by atoms with Crippen molar-refractivity contribution in [3.8, 4) is 11.8 Å². The zero-order valence-electron chi connectivity index (χ0n) is 14.2. The summed E-state index contributed by atoms with van der Waals surface area (Å²) in [5, 5.41) is 20.4. The number of amides is 1. The minimum atomic E-state index is 0.0146. The second-order valence-corrected chi connectivity index (χ2v) is 6.33. The van der Waals surface area contributed by atoms with Gasteiger partial charge in [-0.1, -0.05) is 23.8 Å². The molecule has 7 heteroatoms. The molecular formula is C18H21N5O2. The highest BCUT2D eigenvalue weighted by Crippen LogP contribution is 2.27. The number of benzene rings is 1. The molecule has 0 aliphatic heterocycles. The molecular weight excluding hydrogens is 318 g/mol. The Morgan fingerprint density at radius 1 is 1.44 bits per heavy atom.